The van der Waals surface area contributed by atoms with Crippen molar-refractivity contribution in [3.63, 3.8) is 0 Å². The van der Waals surface area contributed by atoms with Crippen molar-refractivity contribution in [1.82, 2.24) is 14.7 Å². The highest BCUT2D eigenvalue weighted by Crippen LogP contribution is 2.23. The second kappa shape index (κ2) is 6.75. The minimum Gasteiger partial charge on any atom is -0.396 e. The second-order valence-corrected chi connectivity index (χ2v) is 5.66. The third-order valence-electron chi connectivity index (χ3n) is 4.22. The van der Waals surface area contributed by atoms with Gasteiger partial charge in [0.15, 0.2) is 0 Å². The molecule has 3 rings (SSSR count). The highest BCUT2D eigenvalue weighted by atomic mass is 16.3. The van der Waals surface area contributed by atoms with Crippen LogP contribution in [0.5, 0.6) is 0 Å². The molecule has 1 aromatic carbocycles. The zero-order valence-corrected chi connectivity index (χ0v) is 12.6. The molecule has 1 fully saturated rings. The van der Waals surface area contributed by atoms with Crippen molar-refractivity contribution in [3.8, 4) is 5.69 Å². The van der Waals surface area contributed by atoms with Crippen LogP contribution in [0.15, 0.2) is 42.7 Å². The zero-order valence-electron chi connectivity index (χ0n) is 12.6. The van der Waals surface area contributed by atoms with Gasteiger partial charge in [-0.3, -0.25) is 4.79 Å². The molecular formula is C17H21N3O2. The highest BCUT2D eigenvalue weighted by Gasteiger charge is 2.28. The van der Waals surface area contributed by atoms with Crippen molar-refractivity contribution in [2.75, 3.05) is 13.2 Å². The topological polar surface area (TPSA) is 58.4 Å². The molecular weight excluding hydrogens is 278 g/mol. The predicted octanol–water partition coefficient (Wildman–Crippen LogP) is 2.25. The fourth-order valence-corrected chi connectivity index (χ4v) is 3.07. The Balaban J connectivity index is 1.72. The largest absolute Gasteiger partial charge is 0.396 e. The van der Waals surface area contributed by atoms with Crippen LogP contribution in [0.25, 0.3) is 5.69 Å². The summed E-state index contributed by atoms with van der Waals surface area (Å²) in [5, 5.41) is 13.2. The van der Waals surface area contributed by atoms with E-state index in [1.807, 2.05) is 41.4 Å². The average Bonchev–Trinajstić information content (AvgIpc) is 3.24. The molecule has 2 heterocycles. The van der Waals surface area contributed by atoms with Crippen LogP contribution in [0.3, 0.4) is 0 Å². The minimum absolute atomic E-state index is 0.0902. The number of rotatable bonds is 5. The summed E-state index contributed by atoms with van der Waals surface area (Å²) in [4.78, 5) is 14.6. The van der Waals surface area contributed by atoms with Gasteiger partial charge in [0.05, 0.1) is 5.69 Å². The Labute approximate surface area is 130 Å². The van der Waals surface area contributed by atoms with Crippen molar-refractivity contribution in [3.05, 3.63) is 48.3 Å². The molecule has 1 aromatic heterocycles. The zero-order chi connectivity index (χ0) is 15.4. The van der Waals surface area contributed by atoms with Gasteiger partial charge in [0.25, 0.3) is 5.91 Å². The lowest BCUT2D eigenvalue weighted by atomic mass is 10.1. The van der Waals surface area contributed by atoms with Crippen LogP contribution >= 0.6 is 0 Å². The van der Waals surface area contributed by atoms with E-state index in [2.05, 4.69) is 5.10 Å². The number of benzene rings is 1. The number of aliphatic hydroxyl groups excluding tert-OH is 1. The van der Waals surface area contributed by atoms with Crippen molar-refractivity contribution in [2.24, 2.45) is 0 Å². The van der Waals surface area contributed by atoms with E-state index >= 15 is 0 Å². The number of amides is 1. The molecule has 0 radical (unpaired) electrons. The lowest BCUT2D eigenvalue weighted by Gasteiger charge is -2.24. The predicted molar refractivity (Wildman–Crippen MR) is 83.9 cm³/mol. The molecule has 1 N–H and O–H groups in total. The monoisotopic (exact) mass is 299 g/mol. The second-order valence-electron chi connectivity index (χ2n) is 5.66. The summed E-state index contributed by atoms with van der Waals surface area (Å²) >= 11 is 0. The number of carbonyl (C=O) groups is 1. The van der Waals surface area contributed by atoms with Crippen molar-refractivity contribution in [2.45, 2.75) is 31.7 Å². The summed E-state index contributed by atoms with van der Waals surface area (Å²) in [5.41, 5.74) is 1.66. The van der Waals surface area contributed by atoms with E-state index in [1.54, 1.807) is 10.9 Å². The van der Waals surface area contributed by atoms with Crippen LogP contribution in [-0.2, 0) is 0 Å². The van der Waals surface area contributed by atoms with Gasteiger partial charge in [-0.05, 0) is 56.0 Å². The Hall–Kier alpha value is -2.14. The van der Waals surface area contributed by atoms with E-state index in [0.717, 1.165) is 37.9 Å². The van der Waals surface area contributed by atoms with Gasteiger partial charge in [0.1, 0.15) is 0 Å². The lowest BCUT2D eigenvalue weighted by molar-refractivity contribution is 0.0724. The summed E-state index contributed by atoms with van der Waals surface area (Å²) in [6.07, 6.45) is 7.34. The van der Waals surface area contributed by atoms with E-state index in [0.29, 0.717) is 5.56 Å². The number of nitrogens with zero attached hydrogens (tertiary/aromatic N) is 3. The van der Waals surface area contributed by atoms with Gasteiger partial charge in [-0.1, -0.05) is 0 Å². The van der Waals surface area contributed by atoms with Gasteiger partial charge in [-0.15, -0.1) is 0 Å². The first-order valence-corrected chi connectivity index (χ1v) is 7.81. The SMILES string of the molecule is O=C(c1ccc(-n2cccn2)cc1)N1CCCC1CCCO. The summed E-state index contributed by atoms with van der Waals surface area (Å²) in [6, 6.07) is 9.69. The summed E-state index contributed by atoms with van der Waals surface area (Å²) in [7, 11) is 0. The third kappa shape index (κ3) is 3.04. The first-order chi connectivity index (χ1) is 10.8. The summed E-state index contributed by atoms with van der Waals surface area (Å²) < 4.78 is 1.77. The molecule has 1 unspecified atom stereocenters. The summed E-state index contributed by atoms with van der Waals surface area (Å²) in [5.74, 6) is 0.0902. The van der Waals surface area contributed by atoms with Gasteiger partial charge in [0, 0.05) is 37.2 Å². The maximum absolute atomic E-state index is 12.7. The van der Waals surface area contributed by atoms with Gasteiger partial charge < -0.3 is 10.0 Å². The molecule has 22 heavy (non-hydrogen) atoms. The van der Waals surface area contributed by atoms with Crippen LogP contribution in [0.4, 0.5) is 0 Å². The molecule has 5 nitrogen and oxygen atoms in total. The molecule has 0 aliphatic carbocycles. The molecule has 0 spiro atoms. The Morgan fingerprint density at radius 1 is 1.32 bits per heavy atom. The van der Waals surface area contributed by atoms with Gasteiger partial charge in [0.2, 0.25) is 0 Å². The fourth-order valence-electron chi connectivity index (χ4n) is 3.07. The molecule has 2 aromatic rings. The quantitative estimate of drug-likeness (QED) is 0.921. The highest BCUT2D eigenvalue weighted by molar-refractivity contribution is 5.94. The number of hydrogen-bond donors (Lipinski definition) is 1. The maximum Gasteiger partial charge on any atom is 0.254 e. The first-order valence-electron chi connectivity index (χ1n) is 7.81. The Bertz CT molecular complexity index is 607. The normalized spacial score (nSPS) is 17.9. The molecule has 1 aliphatic heterocycles. The number of carbonyl (C=O) groups excluding carboxylic acids is 1. The van der Waals surface area contributed by atoms with Gasteiger partial charge >= 0.3 is 0 Å². The van der Waals surface area contributed by atoms with Gasteiger partial charge in [-0.25, -0.2) is 4.68 Å². The molecule has 1 amide bonds. The van der Waals surface area contributed by atoms with Crippen molar-refractivity contribution in [1.29, 1.82) is 0 Å². The first kappa shape index (κ1) is 14.8. The number of aliphatic hydroxyl groups is 1. The van der Waals surface area contributed by atoms with E-state index < -0.39 is 0 Å². The molecule has 5 heteroatoms. The van der Waals surface area contributed by atoms with Crippen LogP contribution < -0.4 is 0 Å². The van der Waals surface area contributed by atoms with Crippen LogP contribution in [0.2, 0.25) is 0 Å². The molecule has 1 atom stereocenters. The average molecular weight is 299 g/mol. The van der Waals surface area contributed by atoms with E-state index in [1.165, 1.54) is 0 Å². The van der Waals surface area contributed by atoms with Crippen LogP contribution in [-0.4, -0.2) is 44.9 Å². The lowest BCUT2D eigenvalue weighted by Crippen LogP contribution is -2.35. The standard InChI is InChI=1S/C17H21N3O2/c21-13-2-5-15-4-1-11-19(15)17(22)14-6-8-16(9-7-14)20-12-3-10-18-20/h3,6-10,12,15,21H,1-2,4-5,11,13H2. The van der Waals surface area contributed by atoms with Crippen molar-refractivity contribution < 1.29 is 9.90 Å². The molecule has 0 bridgehead atoms. The molecule has 0 saturated carbocycles. The van der Waals surface area contributed by atoms with E-state index in [-0.39, 0.29) is 18.6 Å². The summed E-state index contributed by atoms with van der Waals surface area (Å²) in [6.45, 7) is 1.01. The Morgan fingerprint density at radius 2 is 2.14 bits per heavy atom. The van der Waals surface area contributed by atoms with Crippen LogP contribution in [0, 0.1) is 0 Å². The van der Waals surface area contributed by atoms with Crippen molar-refractivity contribution >= 4 is 5.91 Å². The van der Waals surface area contributed by atoms with Crippen LogP contribution in [0.1, 0.15) is 36.0 Å². The van der Waals surface area contributed by atoms with E-state index in [9.17, 15) is 4.79 Å². The Morgan fingerprint density at radius 3 is 2.82 bits per heavy atom. The smallest absolute Gasteiger partial charge is 0.254 e. The van der Waals surface area contributed by atoms with Gasteiger partial charge in [-0.2, -0.15) is 5.10 Å². The molecule has 1 saturated heterocycles. The third-order valence-corrected chi connectivity index (χ3v) is 4.22. The van der Waals surface area contributed by atoms with E-state index in [4.69, 9.17) is 5.11 Å². The Kier molecular flexibility index (Phi) is 4.53. The number of likely N-dealkylation sites (tertiary alicyclic amines) is 1. The maximum atomic E-state index is 12.7. The minimum atomic E-state index is 0.0902. The fraction of sp³-hybridized carbons (Fsp3) is 0.412. The number of hydrogen-bond acceptors (Lipinski definition) is 3. The molecule has 1 aliphatic rings. The number of aromatic nitrogens is 2. The molecule has 116 valence electrons.